The van der Waals surface area contributed by atoms with Gasteiger partial charge in [-0.15, -0.1) is 0 Å². The van der Waals surface area contributed by atoms with E-state index >= 15 is 0 Å². The lowest BCUT2D eigenvalue weighted by molar-refractivity contribution is 0.322. The van der Waals surface area contributed by atoms with Gasteiger partial charge in [0.1, 0.15) is 0 Å². The zero-order chi connectivity index (χ0) is 17.9. The number of methoxy groups -OCH3 is 4. The van der Waals surface area contributed by atoms with Crippen molar-refractivity contribution in [3.05, 3.63) is 39.0 Å². The van der Waals surface area contributed by atoms with Crippen LogP contribution in [0.5, 0.6) is 23.1 Å². The molecule has 0 bridgehead atoms. The molecule has 130 valence electrons. The zero-order valence-electron chi connectivity index (χ0n) is 14.8. The fourth-order valence-corrected chi connectivity index (χ4v) is 3.05. The second-order valence-corrected chi connectivity index (χ2v) is 6.19. The number of rotatable bonds is 6. The monoisotopic (exact) mass is 395 g/mol. The maximum Gasteiger partial charge on any atom is 0.216 e. The van der Waals surface area contributed by atoms with Crippen LogP contribution in [0.25, 0.3) is 0 Å². The van der Waals surface area contributed by atoms with Crippen LogP contribution < -0.4 is 18.9 Å². The van der Waals surface area contributed by atoms with Gasteiger partial charge in [-0.2, -0.15) is 0 Å². The first-order valence-electron chi connectivity index (χ1n) is 7.44. The minimum atomic E-state index is 0.583. The largest absolute Gasteiger partial charge is 0.493 e. The van der Waals surface area contributed by atoms with E-state index in [1.807, 2.05) is 19.9 Å². The van der Waals surface area contributed by atoms with Crippen LogP contribution in [0.2, 0.25) is 0 Å². The van der Waals surface area contributed by atoms with Crippen LogP contribution in [0.15, 0.2) is 16.7 Å². The predicted molar refractivity (Wildman–Crippen MR) is 96.9 cm³/mol. The first-order chi connectivity index (χ1) is 11.5. The molecule has 0 saturated carbocycles. The Balaban J connectivity index is 2.65. The molecular formula is C18H22BrNO4. The Labute approximate surface area is 151 Å². The van der Waals surface area contributed by atoms with E-state index in [1.54, 1.807) is 34.6 Å². The molecule has 24 heavy (non-hydrogen) atoms. The van der Waals surface area contributed by atoms with E-state index in [2.05, 4.69) is 20.9 Å². The number of aryl methyl sites for hydroxylation is 1. The van der Waals surface area contributed by atoms with E-state index < -0.39 is 0 Å². The number of hydrogen-bond donors (Lipinski definition) is 0. The van der Waals surface area contributed by atoms with Gasteiger partial charge in [-0.25, -0.2) is 4.98 Å². The van der Waals surface area contributed by atoms with Crippen molar-refractivity contribution in [1.29, 1.82) is 0 Å². The Morgan fingerprint density at radius 2 is 1.58 bits per heavy atom. The Morgan fingerprint density at radius 1 is 0.917 bits per heavy atom. The molecule has 0 aliphatic heterocycles. The first kappa shape index (κ1) is 18.4. The highest BCUT2D eigenvalue weighted by Crippen LogP contribution is 2.43. The fourth-order valence-electron chi connectivity index (χ4n) is 2.71. The molecule has 1 aromatic carbocycles. The van der Waals surface area contributed by atoms with Crippen LogP contribution in [0.3, 0.4) is 0 Å². The van der Waals surface area contributed by atoms with E-state index in [9.17, 15) is 0 Å². The summed E-state index contributed by atoms with van der Waals surface area (Å²) in [5.41, 5.74) is 4.14. The second kappa shape index (κ2) is 7.75. The summed E-state index contributed by atoms with van der Waals surface area (Å²) in [5.74, 6) is 2.49. The number of halogens is 1. The van der Waals surface area contributed by atoms with Crippen LogP contribution in [-0.2, 0) is 6.42 Å². The molecule has 0 radical (unpaired) electrons. The second-order valence-electron chi connectivity index (χ2n) is 5.34. The first-order valence-corrected chi connectivity index (χ1v) is 8.24. The standard InChI is InChI=1S/C18H22BrNO4/c1-10-7-15(21-3)17(23-5)16(22-4)12(10)8-13-11(2)14(19)9-20-18(13)24-6/h7,9H,8H2,1-6H3. The van der Waals surface area contributed by atoms with Crippen molar-refractivity contribution in [3.8, 4) is 23.1 Å². The van der Waals surface area contributed by atoms with Crippen molar-refractivity contribution < 1.29 is 18.9 Å². The molecular weight excluding hydrogens is 374 g/mol. The van der Waals surface area contributed by atoms with Gasteiger partial charge in [0, 0.05) is 28.2 Å². The smallest absolute Gasteiger partial charge is 0.216 e. The van der Waals surface area contributed by atoms with E-state index in [1.165, 1.54) is 0 Å². The molecule has 0 N–H and O–H groups in total. The quantitative estimate of drug-likeness (QED) is 0.736. The summed E-state index contributed by atoms with van der Waals surface area (Å²) >= 11 is 3.53. The molecule has 0 amide bonds. The van der Waals surface area contributed by atoms with Crippen molar-refractivity contribution >= 4 is 15.9 Å². The van der Waals surface area contributed by atoms with Gasteiger partial charge in [0.05, 0.1) is 28.4 Å². The number of hydrogen-bond acceptors (Lipinski definition) is 5. The van der Waals surface area contributed by atoms with E-state index in [0.29, 0.717) is 29.5 Å². The molecule has 2 rings (SSSR count). The van der Waals surface area contributed by atoms with Gasteiger partial charge in [0.25, 0.3) is 0 Å². The van der Waals surface area contributed by atoms with E-state index in [4.69, 9.17) is 18.9 Å². The SMILES string of the molecule is COc1cc(C)c(Cc2c(OC)ncc(Br)c2C)c(OC)c1OC. The molecule has 1 heterocycles. The molecule has 0 aliphatic rings. The average Bonchev–Trinajstić information content (AvgIpc) is 2.59. The molecule has 0 spiro atoms. The summed E-state index contributed by atoms with van der Waals surface area (Å²) in [7, 11) is 6.47. The molecule has 0 unspecified atom stereocenters. The molecule has 2 aromatic rings. The third-order valence-electron chi connectivity index (χ3n) is 4.07. The summed E-state index contributed by atoms with van der Waals surface area (Å²) in [6.07, 6.45) is 2.35. The maximum atomic E-state index is 5.63. The Hall–Kier alpha value is -1.95. The predicted octanol–water partition coefficient (Wildman–Crippen LogP) is 4.09. The molecule has 5 nitrogen and oxygen atoms in total. The van der Waals surface area contributed by atoms with Crippen molar-refractivity contribution in [1.82, 2.24) is 4.98 Å². The number of nitrogens with zero attached hydrogens (tertiary/aromatic N) is 1. The molecule has 6 heteroatoms. The third-order valence-corrected chi connectivity index (χ3v) is 4.87. The number of pyridine rings is 1. The third kappa shape index (κ3) is 3.29. The van der Waals surface area contributed by atoms with Crippen LogP contribution in [0, 0.1) is 13.8 Å². The van der Waals surface area contributed by atoms with E-state index in [0.717, 1.165) is 26.7 Å². The molecule has 0 aliphatic carbocycles. The lowest BCUT2D eigenvalue weighted by atomic mass is 9.96. The van der Waals surface area contributed by atoms with Crippen molar-refractivity contribution in [3.63, 3.8) is 0 Å². The number of ether oxygens (including phenoxy) is 4. The van der Waals surface area contributed by atoms with Crippen molar-refractivity contribution in [2.75, 3.05) is 28.4 Å². The molecule has 0 saturated heterocycles. The van der Waals surface area contributed by atoms with Gasteiger partial charge in [-0.05, 0) is 47.0 Å². The summed E-state index contributed by atoms with van der Waals surface area (Å²) < 4.78 is 22.9. The van der Waals surface area contributed by atoms with Crippen LogP contribution >= 0.6 is 15.9 Å². The van der Waals surface area contributed by atoms with Crippen LogP contribution in [0.4, 0.5) is 0 Å². The van der Waals surface area contributed by atoms with Crippen molar-refractivity contribution in [2.24, 2.45) is 0 Å². The summed E-state index contributed by atoms with van der Waals surface area (Å²) in [6, 6.07) is 1.95. The Kier molecular flexibility index (Phi) is 5.94. The molecule has 0 fully saturated rings. The minimum absolute atomic E-state index is 0.583. The van der Waals surface area contributed by atoms with Gasteiger partial charge in [0.2, 0.25) is 11.6 Å². The topological polar surface area (TPSA) is 49.8 Å². The van der Waals surface area contributed by atoms with Crippen LogP contribution in [-0.4, -0.2) is 33.4 Å². The normalized spacial score (nSPS) is 10.5. The van der Waals surface area contributed by atoms with Crippen molar-refractivity contribution in [2.45, 2.75) is 20.3 Å². The highest BCUT2D eigenvalue weighted by molar-refractivity contribution is 9.10. The average molecular weight is 396 g/mol. The molecule has 0 atom stereocenters. The fraction of sp³-hybridized carbons (Fsp3) is 0.389. The Morgan fingerprint density at radius 3 is 2.12 bits per heavy atom. The number of aromatic nitrogens is 1. The van der Waals surface area contributed by atoms with Gasteiger partial charge in [0.15, 0.2) is 11.5 Å². The Bertz CT molecular complexity index is 747. The minimum Gasteiger partial charge on any atom is -0.493 e. The van der Waals surface area contributed by atoms with Gasteiger partial charge in [-0.3, -0.25) is 0 Å². The van der Waals surface area contributed by atoms with Gasteiger partial charge >= 0.3 is 0 Å². The maximum absolute atomic E-state index is 5.63. The summed E-state index contributed by atoms with van der Waals surface area (Å²) in [6.45, 7) is 4.05. The summed E-state index contributed by atoms with van der Waals surface area (Å²) in [4.78, 5) is 4.35. The van der Waals surface area contributed by atoms with Gasteiger partial charge in [-0.1, -0.05) is 0 Å². The van der Waals surface area contributed by atoms with Crippen LogP contribution in [0.1, 0.15) is 22.3 Å². The lowest BCUT2D eigenvalue weighted by Crippen LogP contribution is -2.05. The van der Waals surface area contributed by atoms with E-state index in [-0.39, 0.29) is 0 Å². The zero-order valence-corrected chi connectivity index (χ0v) is 16.4. The van der Waals surface area contributed by atoms with Gasteiger partial charge < -0.3 is 18.9 Å². The highest BCUT2D eigenvalue weighted by Gasteiger charge is 2.21. The number of benzene rings is 1. The summed E-state index contributed by atoms with van der Waals surface area (Å²) in [5, 5.41) is 0. The lowest BCUT2D eigenvalue weighted by Gasteiger charge is -2.19. The highest BCUT2D eigenvalue weighted by atomic mass is 79.9. The molecule has 1 aromatic heterocycles.